The van der Waals surface area contributed by atoms with Gasteiger partial charge in [-0.15, -0.1) is 0 Å². The minimum absolute atomic E-state index is 0.278. The molecule has 37 heavy (non-hydrogen) atoms. The van der Waals surface area contributed by atoms with Crippen molar-refractivity contribution in [3.8, 4) is 5.75 Å². The van der Waals surface area contributed by atoms with E-state index in [0.717, 1.165) is 16.8 Å². The predicted molar refractivity (Wildman–Crippen MR) is 141 cm³/mol. The summed E-state index contributed by atoms with van der Waals surface area (Å²) in [5, 5.41) is 7.57. The second-order valence-electron chi connectivity index (χ2n) is 8.20. The van der Waals surface area contributed by atoms with E-state index in [9.17, 15) is 4.39 Å². The lowest BCUT2D eigenvalue weighted by atomic mass is 10.2. The predicted octanol–water partition coefficient (Wildman–Crippen LogP) is 4.62. The number of hydrogen-bond acceptors (Lipinski definition) is 9. The fourth-order valence-electron chi connectivity index (χ4n) is 3.65. The summed E-state index contributed by atoms with van der Waals surface area (Å²) in [4.78, 5) is 15.7. The van der Waals surface area contributed by atoms with Gasteiger partial charge in [0.25, 0.3) is 0 Å². The van der Waals surface area contributed by atoms with E-state index in [1.54, 1.807) is 18.3 Å². The summed E-state index contributed by atoms with van der Waals surface area (Å²) in [6.07, 6.45) is 1.64. The SMILES string of the molecule is Fc1ccc(COc2ccccc2/C=N/Nc2nc(Nc3ccccc3)nc(N3CCOCC3)n2)cc1. The van der Waals surface area contributed by atoms with Crippen LogP contribution in [0.4, 0.5) is 27.9 Å². The van der Waals surface area contributed by atoms with Crippen molar-refractivity contribution in [3.63, 3.8) is 0 Å². The molecule has 0 saturated carbocycles. The Kier molecular flexibility index (Phi) is 7.77. The van der Waals surface area contributed by atoms with Gasteiger partial charge in [-0.25, -0.2) is 9.82 Å². The van der Waals surface area contributed by atoms with Crippen LogP contribution in [0.3, 0.4) is 0 Å². The van der Waals surface area contributed by atoms with Gasteiger partial charge >= 0.3 is 0 Å². The van der Waals surface area contributed by atoms with Crippen LogP contribution in [0.2, 0.25) is 0 Å². The molecule has 188 valence electrons. The Labute approximate surface area is 214 Å². The van der Waals surface area contributed by atoms with E-state index in [1.165, 1.54) is 12.1 Å². The molecule has 1 aromatic heterocycles. The smallest absolute Gasteiger partial charge is 0.250 e. The molecule has 0 aliphatic carbocycles. The van der Waals surface area contributed by atoms with Gasteiger partial charge in [0.05, 0.1) is 19.4 Å². The van der Waals surface area contributed by atoms with Gasteiger partial charge in [0, 0.05) is 24.3 Å². The summed E-state index contributed by atoms with van der Waals surface area (Å²) < 4.78 is 24.6. The third-order valence-corrected chi connectivity index (χ3v) is 5.54. The number of hydrogen-bond donors (Lipinski definition) is 2. The van der Waals surface area contributed by atoms with Gasteiger partial charge in [0.2, 0.25) is 17.8 Å². The molecule has 1 saturated heterocycles. The lowest BCUT2D eigenvalue weighted by Crippen LogP contribution is -2.37. The highest BCUT2D eigenvalue weighted by atomic mass is 19.1. The van der Waals surface area contributed by atoms with Gasteiger partial charge in [0.15, 0.2) is 0 Å². The number of aromatic nitrogens is 3. The highest BCUT2D eigenvalue weighted by Crippen LogP contribution is 2.20. The Morgan fingerprint density at radius 3 is 2.43 bits per heavy atom. The van der Waals surface area contributed by atoms with Crippen molar-refractivity contribution < 1.29 is 13.9 Å². The van der Waals surface area contributed by atoms with Gasteiger partial charge in [-0.1, -0.05) is 42.5 Å². The number of ether oxygens (including phenoxy) is 2. The molecule has 1 aliphatic rings. The van der Waals surface area contributed by atoms with Gasteiger partial charge < -0.3 is 19.7 Å². The van der Waals surface area contributed by atoms with Crippen LogP contribution in [0.15, 0.2) is 84.0 Å². The Morgan fingerprint density at radius 1 is 0.892 bits per heavy atom. The molecule has 10 heteroatoms. The van der Waals surface area contributed by atoms with E-state index in [4.69, 9.17) is 9.47 Å². The molecule has 9 nitrogen and oxygen atoms in total. The lowest BCUT2D eigenvalue weighted by Gasteiger charge is -2.27. The topological polar surface area (TPSA) is 96.8 Å². The van der Waals surface area contributed by atoms with E-state index in [0.29, 0.717) is 56.5 Å². The minimum Gasteiger partial charge on any atom is -0.488 e. The molecule has 4 aromatic rings. The lowest BCUT2D eigenvalue weighted by molar-refractivity contribution is 0.122. The zero-order chi connectivity index (χ0) is 25.3. The van der Waals surface area contributed by atoms with Gasteiger partial charge in [-0.3, -0.25) is 0 Å². The zero-order valence-electron chi connectivity index (χ0n) is 20.0. The van der Waals surface area contributed by atoms with Crippen LogP contribution in [-0.2, 0) is 11.3 Å². The summed E-state index contributed by atoms with van der Waals surface area (Å²) in [6.45, 7) is 2.92. The monoisotopic (exact) mass is 499 g/mol. The average Bonchev–Trinajstić information content (AvgIpc) is 2.94. The molecule has 3 aromatic carbocycles. The van der Waals surface area contributed by atoms with Crippen molar-refractivity contribution in [2.75, 3.05) is 41.9 Å². The average molecular weight is 500 g/mol. The van der Waals surface area contributed by atoms with Gasteiger partial charge in [-0.2, -0.15) is 20.1 Å². The maximum Gasteiger partial charge on any atom is 0.250 e. The number of anilines is 4. The first-order valence-corrected chi connectivity index (χ1v) is 11.9. The second kappa shape index (κ2) is 11.9. The van der Waals surface area contributed by atoms with Gasteiger partial charge in [-0.05, 0) is 42.0 Å². The molecule has 0 unspecified atom stereocenters. The number of rotatable bonds is 9. The standard InChI is InChI=1S/C27H26FN7O2/c28-22-12-10-20(11-13-22)19-37-24-9-5-4-6-21(24)18-29-34-26-31-25(30-23-7-2-1-3-8-23)32-27(33-26)35-14-16-36-17-15-35/h1-13,18H,14-17,19H2,(H2,30,31,32,33,34)/b29-18+. The third kappa shape index (κ3) is 6.77. The van der Waals surface area contributed by atoms with Crippen molar-refractivity contribution >= 4 is 29.7 Å². The van der Waals surface area contributed by atoms with Crippen LogP contribution in [0.5, 0.6) is 5.75 Å². The Morgan fingerprint density at radius 2 is 1.62 bits per heavy atom. The molecular weight excluding hydrogens is 473 g/mol. The normalized spacial score (nSPS) is 13.5. The highest BCUT2D eigenvalue weighted by Gasteiger charge is 2.16. The van der Waals surface area contributed by atoms with Crippen LogP contribution in [0.1, 0.15) is 11.1 Å². The number of benzene rings is 3. The van der Waals surface area contributed by atoms with Crippen LogP contribution in [0, 0.1) is 5.82 Å². The quantitative estimate of drug-likeness (QED) is 0.255. The summed E-state index contributed by atoms with van der Waals surface area (Å²) in [7, 11) is 0. The summed E-state index contributed by atoms with van der Waals surface area (Å²) in [6, 6.07) is 23.4. The Bertz CT molecular complexity index is 1330. The van der Waals surface area contributed by atoms with Crippen molar-refractivity contribution in [2.24, 2.45) is 5.10 Å². The molecule has 1 fully saturated rings. The molecule has 0 spiro atoms. The van der Waals surface area contributed by atoms with E-state index >= 15 is 0 Å². The summed E-state index contributed by atoms with van der Waals surface area (Å²) in [5.74, 6) is 1.62. The molecule has 1 aliphatic heterocycles. The third-order valence-electron chi connectivity index (χ3n) is 5.54. The van der Waals surface area contributed by atoms with Crippen molar-refractivity contribution in [2.45, 2.75) is 6.61 Å². The van der Waals surface area contributed by atoms with E-state index in [1.807, 2.05) is 54.6 Å². The number of hydrazone groups is 1. The van der Waals surface area contributed by atoms with Crippen molar-refractivity contribution in [1.82, 2.24) is 15.0 Å². The molecular formula is C27H26FN7O2. The van der Waals surface area contributed by atoms with Gasteiger partial charge in [0.1, 0.15) is 18.2 Å². The van der Waals surface area contributed by atoms with Crippen molar-refractivity contribution in [1.29, 1.82) is 0 Å². The minimum atomic E-state index is -0.278. The number of nitrogens with one attached hydrogen (secondary N) is 2. The highest BCUT2D eigenvalue weighted by molar-refractivity contribution is 5.83. The molecule has 0 bridgehead atoms. The summed E-state index contributed by atoms with van der Waals surface area (Å²) >= 11 is 0. The maximum atomic E-state index is 13.2. The molecule has 0 atom stereocenters. The fraction of sp³-hybridized carbons (Fsp3) is 0.185. The first-order valence-electron chi connectivity index (χ1n) is 11.9. The largest absolute Gasteiger partial charge is 0.488 e. The molecule has 5 rings (SSSR count). The second-order valence-corrected chi connectivity index (χ2v) is 8.20. The van der Waals surface area contributed by atoms with Crippen LogP contribution >= 0.6 is 0 Å². The van der Waals surface area contributed by atoms with E-state index in [2.05, 4.69) is 35.7 Å². The van der Waals surface area contributed by atoms with Crippen LogP contribution in [0.25, 0.3) is 0 Å². The van der Waals surface area contributed by atoms with E-state index in [-0.39, 0.29) is 5.82 Å². The molecule has 2 heterocycles. The van der Waals surface area contributed by atoms with Crippen LogP contribution < -0.4 is 20.4 Å². The maximum absolute atomic E-state index is 13.2. The Balaban J connectivity index is 1.31. The number of para-hydroxylation sites is 2. The molecule has 2 N–H and O–H groups in total. The number of morpholine rings is 1. The number of nitrogens with zero attached hydrogens (tertiary/aromatic N) is 5. The van der Waals surface area contributed by atoms with Crippen LogP contribution in [-0.4, -0.2) is 47.5 Å². The van der Waals surface area contributed by atoms with Crippen molar-refractivity contribution in [3.05, 3.63) is 95.8 Å². The van der Waals surface area contributed by atoms with E-state index < -0.39 is 0 Å². The summed E-state index contributed by atoms with van der Waals surface area (Å²) in [5.41, 5.74) is 5.41. The first kappa shape index (κ1) is 24.1. The molecule has 0 amide bonds. The zero-order valence-corrected chi connectivity index (χ0v) is 20.0. The first-order chi connectivity index (χ1) is 18.2. The Hall–Kier alpha value is -4.57. The number of halogens is 1. The fourth-order valence-corrected chi connectivity index (χ4v) is 3.65. The molecule has 0 radical (unpaired) electrons.